The average molecular weight is 279 g/mol. The normalized spacial score (nSPS) is 14.3. The minimum Gasteiger partial charge on any atom is -0.390 e. The largest absolute Gasteiger partial charge is 0.390 e. The number of aliphatic hydroxyl groups excluding tert-OH is 2. The van der Waals surface area contributed by atoms with Gasteiger partial charge >= 0.3 is 5.69 Å². The Hall–Kier alpha value is -1.28. The molecule has 2 atom stereocenters. The zero-order valence-corrected chi connectivity index (χ0v) is 9.97. The van der Waals surface area contributed by atoms with Crippen LogP contribution in [0.15, 0.2) is 12.1 Å². The molecule has 0 fully saturated rings. The Labute approximate surface area is 107 Å². The molecule has 8 heteroatoms. The number of nitro groups is 1. The molecule has 1 aromatic carbocycles. The summed E-state index contributed by atoms with van der Waals surface area (Å²) in [7, 11) is 0. The maximum Gasteiger partial charge on any atom is 0.306 e. The van der Waals surface area contributed by atoms with Crippen molar-refractivity contribution < 1.29 is 19.5 Å². The fraction of sp³-hybridized carbons (Fsp3) is 0.400. The average Bonchev–Trinajstić information content (AvgIpc) is 2.30. The van der Waals surface area contributed by atoms with E-state index in [2.05, 4.69) is 0 Å². The number of hydrogen-bond acceptors (Lipinski definition) is 5. The fourth-order valence-corrected chi connectivity index (χ4v) is 1.72. The summed E-state index contributed by atoms with van der Waals surface area (Å²) in [6.07, 6.45) is -2.57. The molecule has 4 N–H and O–H groups in total. The highest BCUT2D eigenvalue weighted by Gasteiger charge is 2.25. The third-order valence-corrected chi connectivity index (χ3v) is 2.74. The Morgan fingerprint density at radius 3 is 2.61 bits per heavy atom. The molecule has 0 saturated heterocycles. The molecule has 0 heterocycles. The zero-order chi connectivity index (χ0) is 13.9. The van der Waals surface area contributed by atoms with Gasteiger partial charge in [0.25, 0.3) is 0 Å². The van der Waals surface area contributed by atoms with Gasteiger partial charge in [-0.05, 0) is 19.0 Å². The van der Waals surface area contributed by atoms with E-state index in [4.69, 9.17) is 17.3 Å². The van der Waals surface area contributed by atoms with Crippen molar-refractivity contribution in [3.05, 3.63) is 38.7 Å². The van der Waals surface area contributed by atoms with Crippen molar-refractivity contribution in [2.24, 2.45) is 5.73 Å². The van der Waals surface area contributed by atoms with Crippen LogP contribution in [0.2, 0.25) is 5.02 Å². The highest BCUT2D eigenvalue weighted by molar-refractivity contribution is 6.31. The first-order chi connectivity index (χ1) is 8.38. The van der Waals surface area contributed by atoms with E-state index in [1.165, 1.54) is 0 Å². The van der Waals surface area contributed by atoms with Crippen LogP contribution in [0.4, 0.5) is 10.1 Å². The molecule has 6 nitrogen and oxygen atoms in total. The molecule has 2 unspecified atom stereocenters. The van der Waals surface area contributed by atoms with Gasteiger partial charge in [0.2, 0.25) is 5.82 Å². The molecular formula is C10H12ClFN2O4. The SMILES string of the molecule is NCCC(O)C(O)c1cc(F)c([N+](=O)[O-])cc1Cl. The van der Waals surface area contributed by atoms with Gasteiger partial charge in [-0.15, -0.1) is 0 Å². The molecule has 0 aromatic heterocycles. The van der Waals surface area contributed by atoms with Gasteiger partial charge < -0.3 is 15.9 Å². The summed E-state index contributed by atoms with van der Waals surface area (Å²) in [5.74, 6) is -1.13. The summed E-state index contributed by atoms with van der Waals surface area (Å²) in [5, 5.41) is 29.5. The Bertz CT molecular complexity index is 458. The molecule has 1 rings (SSSR count). The summed E-state index contributed by atoms with van der Waals surface area (Å²) in [5.41, 5.74) is 4.31. The van der Waals surface area contributed by atoms with Crippen LogP contribution in [0.1, 0.15) is 18.1 Å². The molecule has 0 spiro atoms. The number of nitro benzene ring substituents is 1. The van der Waals surface area contributed by atoms with Crippen molar-refractivity contribution in [3.8, 4) is 0 Å². The van der Waals surface area contributed by atoms with E-state index in [1.54, 1.807) is 0 Å². The van der Waals surface area contributed by atoms with Crippen molar-refractivity contribution in [2.45, 2.75) is 18.6 Å². The molecule has 0 radical (unpaired) electrons. The predicted octanol–water partition coefficient (Wildman–Crippen LogP) is 1.13. The van der Waals surface area contributed by atoms with Gasteiger partial charge in [0.1, 0.15) is 6.10 Å². The quantitative estimate of drug-likeness (QED) is 0.552. The summed E-state index contributed by atoms with van der Waals surface area (Å²) in [4.78, 5) is 9.55. The second-order valence-corrected chi connectivity index (χ2v) is 4.08. The smallest absolute Gasteiger partial charge is 0.306 e. The van der Waals surface area contributed by atoms with E-state index in [0.717, 1.165) is 12.1 Å². The summed E-state index contributed by atoms with van der Waals surface area (Å²) < 4.78 is 13.4. The van der Waals surface area contributed by atoms with Crippen LogP contribution in [0.3, 0.4) is 0 Å². The zero-order valence-electron chi connectivity index (χ0n) is 9.22. The lowest BCUT2D eigenvalue weighted by atomic mass is 10.0. The van der Waals surface area contributed by atoms with Crippen LogP contribution in [0.5, 0.6) is 0 Å². The standard InChI is InChI=1S/C10H12ClFN2O4/c11-6-4-8(14(17)18)7(12)3-5(6)10(16)9(15)1-2-13/h3-4,9-10,15-16H,1-2,13H2. The maximum atomic E-state index is 13.4. The number of nitrogens with two attached hydrogens (primary N) is 1. The molecule has 0 aliphatic carbocycles. The topological polar surface area (TPSA) is 110 Å². The first kappa shape index (κ1) is 14.8. The molecule has 1 aromatic rings. The van der Waals surface area contributed by atoms with Gasteiger partial charge in [-0.3, -0.25) is 10.1 Å². The van der Waals surface area contributed by atoms with Gasteiger partial charge in [-0.1, -0.05) is 11.6 Å². The van der Waals surface area contributed by atoms with Crippen molar-refractivity contribution in [1.29, 1.82) is 0 Å². The lowest BCUT2D eigenvalue weighted by Gasteiger charge is -2.18. The number of hydrogen-bond donors (Lipinski definition) is 3. The third-order valence-electron chi connectivity index (χ3n) is 2.41. The van der Waals surface area contributed by atoms with Gasteiger partial charge in [0.05, 0.1) is 16.0 Å². The van der Waals surface area contributed by atoms with Crippen molar-refractivity contribution in [2.75, 3.05) is 6.54 Å². The van der Waals surface area contributed by atoms with E-state index < -0.39 is 28.6 Å². The lowest BCUT2D eigenvalue weighted by Crippen LogP contribution is -2.22. The van der Waals surface area contributed by atoms with Crippen molar-refractivity contribution in [3.63, 3.8) is 0 Å². The highest BCUT2D eigenvalue weighted by Crippen LogP contribution is 2.31. The van der Waals surface area contributed by atoms with E-state index >= 15 is 0 Å². The van der Waals surface area contributed by atoms with E-state index in [-0.39, 0.29) is 23.6 Å². The number of halogens is 2. The van der Waals surface area contributed by atoms with Crippen molar-refractivity contribution in [1.82, 2.24) is 0 Å². The predicted molar refractivity (Wildman–Crippen MR) is 62.7 cm³/mol. The van der Waals surface area contributed by atoms with Gasteiger partial charge in [-0.2, -0.15) is 4.39 Å². The first-order valence-electron chi connectivity index (χ1n) is 5.08. The molecular weight excluding hydrogens is 267 g/mol. The summed E-state index contributed by atoms with van der Waals surface area (Å²) >= 11 is 5.71. The Morgan fingerprint density at radius 1 is 1.50 bits per heavy atom. The van der Waals surface area contributed by atoms with Gasteiger partial charge in [-0.25, -0.2) is 0 Å². The molecule has 100 valence electrons. The number of rotatable bonds is 5. The Balaban J connectivity index is 3.11. The van der Waals surface area contributed by atoms with Crippen LogP contribution < -0.4 is 5.73 Å². The molecule has 0 aliphatic heterocycles. The highest BCUT2D eigenvalue weighted by atomic mass is 35.5. The fourth-order valence-electron chi connectivity index (χ4n) is 1.45. The van der Waals surface area contributed by atoms with E-state index in [0.29, 0.717) is 0 Å². The van der Waals surface area contributed by atoms with Gasteiger partial charge in [0, 0.05) is 11.6 Å². The molecule has 0 saturated carbocycles. The molecule has 0 bridgehead atoms. The van der Waals surface area contributed by atoms with E-state index in [9.17, 15) is 24.7 Å². The third kappa shape index (κ3) is 3.14. The summed E-state index contributed by atoms with van der Waals surface area (Å²) in [6.45, 7) is 0.130. The van der Waals surface area contributed by atoms with Crippen LogP contribution >= 0.6 is 11.6 Å². The minimum absolute atomic E-state index is 0.0934. The maximum absolute atomic E-state index is 13.4. The molecule has 0 amide bonds. The summed E-state index contributed by atoms with van der Waals surface area (Å²) in [6, 6.07) is 1.54. The molecule has 0 aliphatic rings. The second kappa shape index (κ2) is 6.05. The lowest BCUT2D eigenvalue weighted by molar-refractivity contribution is -0.387. The molecule has 18 heavy (non-hydrogen) atoms. The van der Waals surface area contributed by atoms with E-state index in [1.807, 2.05) is 0 Å². The Morgan fingerprint density at radius 2 is 2.11 bits per heavy atom. The minimum atomic E-state index is -1.45. The number of nitrogens with zero attached hydrogens (tertiary/aromatic N) is 1. The first-order valence-corrected chi connectivity index (χ1v) is 5.45. The second-order valence-electron chi connectivity index (χ2n) is 3.67. The van der Waals surface area contributed by atoms with Crippen LogP contribution in [-0.2, 0) is 0 Å². The monoisotopic (exact) mass is 278 g/mol. The van der Waals surface area contributed by atoms with Crippen LogP contribution in [0, 0.1) is 15.9 Å². The Kier molecular flexibility index (Phi) is 4.97. The van der Waals surface area contributed by atoms with Crippen LogP contribution in [0.25, 0.3) is 0 Å². The number of benzene rings is 1. The number of aliphatic hydroxyl groups is 2. The van der Waals surface area contributed by atoms with Crippen molar-refractivity contribution >= 4 is 17.3 Å². The van der Waals surface area contributed by atoms with Gasteiger partial charge in [0.15, 0.2) is 0 Å². The van der Waals surface area contributed by atoms with Crippen LogP contribution in [-0.4, -0.2) is 27.8 Å².